The smallest absolute Gasteiger partial charge is 0.312 e. The quantitative estimate of drug-likeness (QED) is 0.719. The van der Waals surface area contributed by atoms with E-state index in [1.54, 1.807) is 29.2 Å². The van der Waals surface area contributed by atoms with Crippen LogP contribution in [-0.2, 0) is 13.1 Å². The molecule has 0 aliphatic carbocycles. The molecule has 6 heteroatoms. The summed E-state index contributed by atoms with van der Waals surface area (Å²) < 4.78 is 0. The first-order valence-electron chi connectivity index (χ1n) is 7.66. The van der Waals surface area contributed by atoms with Crippen molar-refractivity contribution in [3.63, 3.8) is 0 Å². The van der Waals surface area contributed by atoms with Gasteiger partial charge < -0.3 is 21.1 Å². The van der Waals surface area contributed by atoms with Gasteiger partial charge in [0.2, 0.25) is 0 Å². The molecule has 0 heterocycles. The molecular formula is C18H21N3O3. The van der Waals surface area contributed by atoms with Crippen molar-refractivity contribution in [1.29, 1.82) is 0 Å². The first-order chi connectivity index (χ1) is 11.6. The highest BCUT2D eigenvalue weighted by atomic mass is 16.3. The van der Waals surface area contributed by atoms with Crippen molar-refractivity contribution in [2.75, 3.05) is 13.2 Å². The summed E-state index contributed by atoms with van der Waals surface area (Å²) in [4.78, 5) is 25.0. The second-order valence-corrected chi connectivity index (χ2v) is 5.35. The molecule has 0 atom stereocenters. The SMILES string of the molecule is NC(=O)NCc1ccc(C(=O)N(CCO)Cc2ccccc2)cc1. The Morgan fingerprint density at radius 1 is 1.00 bits per heavy atom. The Labute approximate surface area is 140 Å². The van der Waals surface area contributed by atoms with Gasteiger partial charge in [0.05, 0.1) is 6.61 Å². The number of benzene rings is 2. The number of hydrogen-bond acceptors (Lipinski definition) is 3. The van der Waals surface area contributed by atoms with Gasteiger partial charge in [0.15, 0.2) is 0 Å². The second kappa shape index (κ2) is 8.69. The Balaban J connectivity index is 2.07. The highest BCUT2D eigenvalue weighted by molar-refractivity contribution is 5.94. The van der Waals surface area contributed by atoms with Crippen LogP contribution < -0.4 is 11.1 Å². The Morgan fingerprint density at radius 3 is 2.25 bits per heavy atom. The summed E-state index contributed by atoms with van der Waals surface area (Å²) in [5.41, 5.74) is 7.41. The lowest BCUT2D eigenvalue weighted by molar-refractivity contribution is 0.0708. The van der Waals surface area contributed by atoms with Crippen molar-refractivity contribution in [3.05, 3.63) is 71.3 Å². The molecule has 0 fully saturated rings. The molecule has 0 radical (unpaired) electrons. The average Bonchev–Trinajstić information content (AvgIpc) is 2.60. The lowest BCUT2D eigenvalue weighted by Crippen LogP contribution is -2.33. The van der Waals surface area contributed by atoms with E-state index in [0.717, 1.165) is 11.1 Å². The maximum Gasteiger partial charge on any atom is 0.312 e. The van der Waals surface area contributed by atoms with Gasteiger partial charge in [-0.3, -0.25) is 4.79 Å². The van der Waals surface area contributed by atoms with Crippen LogP contribution in [0, 0.1) is 0 Å². The second-order valence-electron chi connectivity index (χ2n) is 5.35. The largest absolute Gasteiger partial charge is 0.395 e. The predicted octanol–water partition coefficient (Wildman–Crippen LogP) is 1.49. The summed E-state index contributed by atoms with van der Waals surface area (Å²) in [6, 6.07) is 16.0. The Morgan fingerprint density at radius 2 is 1.67 bits per heavy atom. The van der Waals surface area contributed by atoms with Crippen LogP contribution in [0.2, 0.25) is 0 Å². The minimum atomic E-state index is -0.591. The van der Waals surface area contributed by atoms with Crippen LogP contribution in [0.4, 0.5) is 4.79 Å². The molecule has 0 aliphatic heterocycles. The summed E-state index contributed by atoms with van der Waals surface area (Å²) in [6.07, 6.45) is 0. The number of carbonyl (C=O) groups excluding carboxylic acids is 2. The van der Waals surface area contributed by atoms with E-state index in [1.807, 2.05) is 30.3 Å². The maximum absolute atomic E-state index is 12.6. The highest BCUT2D eigenvalue weighted by Crippen LogP contribution is 2.11. The summed E-state index contributed by atoms with van der Waals surface area (Å²) in [5, 5.41) is 11.7. The number of nitrogens with two attached hydrogens (primary N) is 1. The monoisotopic (exact) mass is 327 g/mol. The summed E-state index contributed by atoms with van der Waals surface area (Å²) in [6.45, 7) is 0.914. The lowest BCUT2D eigenvalue weighted by atomic mass is 10.1. The predicted molar refractivity (Wildman–Crippen MR) is 91.1 cm³/mol. The number of primary amides is 1. The molecule has 0 aliphatic rings. The van der Waals surface area contributed by atoms with Gasteiger partial charge >= 0.3 is 6.03 Å². The Kier molecular flexibility index (Phi) is 6.33. The zero-order chi connectivity index (χ0) is 17.4. The zero-order valence-corrected chi connectivity index (χ0v) is 13.3. The van der Waals surface area contributed by atoms with Crippen LogP contribution in [0.15, 0.2) is 54.6 Å². The van der Waals surface area contributed by atoms with Gasteiger partial charge in [0.25, 0.3) is 5.91 Å². The summed E-state index contributed by atoms with van der Waals surface area (Å²) in [5.74, 6) is -0.151. The molecule has 4 N–H and O–H groups in total. The fourth-order valence-electron chi connectivity index (χ4n) is 2.31. The minimum absolute atomic E-state index is 0.0980. The number of rotatable bonds is 7. The number of nitrogens with one attached hydrogen (secondary N) is 1. The van der Waals surface area contributed by atoms with E-state index in [4.69, 9.17) is 5.73 Å². The molecule has 2 aromatic carbocycles. The van der Waals surface area contributed by atoms with Crippen LogP contribution in [0.3, 0.4) is 0 Å². The fourth-order valence-corrected chi connectivity index (χ4v) is 2.31. The van der Waals surface area contributed by atoms with Gasteiger partial charge in [-0.15, -0.1) is 0 Å². The molecular weight excluding hydrogens is 306 g/mol. The average molecular weight is 327 g/mol. The van der Waals surface area contributed by atoms with Gasteiger partial charge in [0.1, 0.15) is 0 Å². The summed E-state index contributed by atoms with van der Waals surface area (Å²) in [7, 11) is 0. The summed E-state index contributed by atoms with van der Waals surface area (Å²) >= 11 is 0. The van der Waals surface area contributed by atoms with Crippen molar-refractivity contribution in [2.45, 2.75) is 13.1 Å². The lowest BCUT2D eigenvalue weighted by Gasteiger charge is -2.22. The topological polar surface area (TPSA) is 95.7 Å². The van der Waals surface area contributed by atoms with Crippen molar-refractivity contribution in [3.8, 4) is 0 Å². The van der Waals surface area contributed by atoms with E-state index in [1.165, 1.54) is 0 Å². The van der Waals surface area contributed by atoms with Crippen molar-refractivity contribution in [2.24, 2.45) is 5.73 Å². The molecule has 0 bridgehead atoms. The van der Waals surface area contributed by atoms with E-state index < -0.39 is 6.03 Å². The third-order valence-corrected chi connectivity index (χ3v) is 3.54. The fraction of sp³-hybridized carbons (Fsp3) is 0.222. The molecule has 6 nitrogen and oxygen atoms in total. The van der Waals surface area contributed by atoms with Crippen LogP contribution >= 0.6 is 0 Å². The van der Waals surface area contributed by atoms with Crippen molar-refractivity contribution < 1.29 is 14.7 Å². The first kappa shape index (κ1) is 17.5. The molecule has 3 amide bonds. The van der Waals surface area contributed by atoms with Crippen LogP contribution in [-0.4, -0.2) is 35.1 Å². The van der Waals surface area contributed by atoms with E-state index in [2.05, 4.69) is 5.32 Å². The zero-order valence-electron chi connectivity index (χ0n) is 13.3. The van der Waals surface area contributed by atoms with Crippen molar-refractivity contribution in [1.82, 2.24) is 10.2 Å². The van der Waals surface area contributed by atoms with Crippen molar-refractivity contribution >= 4 is 11.9 Å². The Bertz CT molecular complexity index is 672. The molecule has 0 spiro atoms. The van der Waals surface area contributed by atoms with Gasteiger partial charge in [-0.2, -0.15) is 0 Å². The standard InChI is InChI=1S/C18H21N3O3/c19-18(24)20-12-14-6-8-16(9-7-14)17(23)21(10-11-22)13-15-4-2-1-3-5-15/h1-9,22H,10-13H2,(H3,19,20,24). The first-order valence-corrected chi connectivity index (χ1v) is 7.66. The molecule has 0 unspecified atom stereocenters. The van der Waals surface area contributed by atoms with E-state index in [0.29, 0.717) is 18.7 Å². The van der Waals surface area contributed by atoms with Gasteiger partial charge in [0, 0.05) is 25.2 Å². The number of amides is 3. The third-order valence-electron chi connectivity index (χ3n) is 3.54. The molecule has 0 saturated heterocycles. The number of aliphatic hydroxyl groups excluding tert-OH is 1. The Hall–Kier alpha value is -2.86. The minimum Gasteiger partial charge on any atom is -0.395 e. The van der Waals surface area contributed by atoms with Crippen LogP contribution in [0.25, 0.3) is 0 Å². The van der Waals surface area contributed by atoms with E-state index in [-0.39, 0.29) is 19.1 Å². The number of carbonyl (C=O) groups is 2. The maximum atomic E-state index is 12.6. The van der Waals surface area contributed by atoms with Crippen LogP contribution in [0.5, 0.6) is 0 Å². The van der Waals surface area contributed by atoms with Gasteiger partial charge in [-0.1, -0.05) is 42.5 Å². The van der Waals surface area contributed by atoms with E-state index in [9.17, 15) is 14.7 Å². The van der Waals surface area contributed by atoms with Gasteiger partial charge in [-0.05, 0) is 23.3 Å². The molecule has 0 saturated carbocycles. The van der Waals surface area contributed by atoms with Gasteiger partial charge in [-0.25, -0.2) is 4.79 Å². The number of nitrogens with zero attached hydrogens (tertiary/aromatic N) is 1. The molecule has 24 heavy (non-hydrogen) atoms. The number of hydrogen-bond donors (Lipinski definition) is 3. The number of urea groups is 1. The van der Waals surface area contributed by atoms with Crippen LogP contribution in [0.1, 0.15) is 21.5 Å². The number of aliphatic hydroxyl groups is 1. The highest BCUT2D eigenvalue weighted by Gasteiger charge is 2.15. The third kappa shape index (κ3) is 5.10. The molecule has 2 rings (SSSR count). The molecule has 0 aromatic heterocycles. The molecule has 126 valence electrons. The normalized spacial score (nSPS) is 10.2. The van der Waals surface area contributed by atoms with E-state index >= 15 is 0 Å². The molecule has 2 aromatic rings.